The van der Waals surface area contributed by atoms with Gasteiger partial charge in [-0.1, -0.05) is 15.9 Å². The summed E-state index contributed by atoms with van der Waals surface area (Å²) in [6, 6.07) is 2.25. The molecule has 0 spiro atoms. The molecule has 1 fully saturated rings. The number of hydrogen-bond acceptors (Lipinski definition) is 2. The highest BCUT2D eigenvalue weighted by atomic mass is 79.9. The Morgan fingerprint density at radius 2 is 2.47 bits per heavy atom. The molecule has 1 saturated heterocycles. The summed E-state index contributed by atoms with van der Waals surface area (Å²) in [6.07, 6.45) is 3.98. The van der Waals surface area contributed by atoms with Crippen LogP contribution in [-0.2, 0) is 4.74 Å². The van der Waals surface area contributed by atoms with Gasteiger partial charge >= 0.3 is 0 Å². The van der Waals surface area contributed by atoms with Crippen molar-refractivity contribution >= 4 is 43.2 Å². The van der Waals surface area contributed by atoms with E-state index in [-0.39, 0.29) is 0 Å². The third-order valence-corrected chi connectivity index (χ3v) is 6.10. The van der Waals surface area contributed by atoms with E-state index in [0.29, 0.717) is 10.9 Å². The summed E-state index contributed by atoms with van der Waals surface area (Å²) in [5.41, 5.74) is 1.33. The Balaban J connectivity index is 1.97. The first-order valence-corrected chi connectivity index (χ1v) is 7.71. The van der Waals surface area contributed by atoms with Crippen LogP contribution in [0.4, 0.5) is 0 Å². The van der Waals surface area contributed by atoms with Gasteiger partial charge < -0.3 is 4.74 Å². The summed E-state index contributed by atoms with van der Waals surface area (Å²) in [5.74, 6) is 0. The molecular weight excluding hydrogens is 340 g/mol. The van der Waals surface area contributed by atoms with Crippen molar-refractivity contribution in [3.05, 3.63) is 20.3 Å². The van der Waals surface area contributed by atoms with Crippen molar-refractivity contribution in [2.24, 2.45) is 0 Å². The molecule has 15 heavy (non-hydrogen) atoms. The fraction of sp³-hybridized carbons (Fsp3) is 0.636. The number of aryl methyl sites for hydroxylation is 1. The number of thiophene rings is 1. The van der Waals surface area contributed by atoms with Crippen LogP contribution in [0.5, 0.6) is 0 Å². The van der Waals surface area contributed by atoms with Gasteiger partial charge in [-0.2, -0.15) is 0 Å². The summed E-state index contributed by atoms with van der Waals surface area (Å²) in [4.78, 5) is 1.84. The van der Waals surface area contributed by atoms with E-state index in [4.69, 9.17) is 4.74 Å². The molecule has 0 amide bonds. The van der Waals surface area contributed by atoms with Gasteiger partial charge in [0.25, 0.3) is 0 Å². The maximum absolute atomic E-state index is 5.65. The monoisotopic (exact) mass is 352 g/mol. The third-order valence-electron chi connectivity index (χ3n) is 2.68. The molecule has 1 aliphatic rings. The minimum atomic E-state index is 0.440. The molecule has 2 unspecified atom stereocenters. The van der Waals surface area contributed by atoms with Crippen molar-refractivity contribution in [1.29, 1.82) is 0 Å². The molecule has 84 valence electrons. The summed E-state index contributed by atoms with van der Waals surface area (Å²) < 4.78 is 6.89. The Hall–Kier alpha value is 0.620. The van der Waals surface area contributed by atoms with E-state index < -0.39 is 0 Å². The molecule has 1 aromatic heterocycles. The average Bonchev–Trinajstić information content (AvgIpc) is 2.78. The Morgan fingerprint density at radius 3 is 3.00 bits per heavy atom. The molecule has 2 rings (SSSR count). The maximum Gasteiger partial charge on any atom is 0.0730 e. The molecule has 1 aliphatic heterocycles. The zero-order valence-electron chi connectivity index (χ0n) is 8.63. The van der Waals surface area contributed by atoms with Gasteiger partial charge in [0, 0.05) is 11.5 Å². The minimum absolute atomic E-state index is 0.440. The molecule has 2 atom stereocenters. The Bertz CT molecular complexity index is 312. The lowest BCUT2D eigenvalue weighted by Gasteiger charge is -2.13. The fourth-order valence-corrected chi connectivity index (χ4v) is 4.21. The van der Waals surface area contributed by atoms with Gasteiger partial charge in [0.2, 0.25) is 0 Å². The smallest absolute Gasteiger partial charge is 0.0730 e. The summed E-state index contributed by atoms with van der Waals surface area (Å²) in [5, 5.41) is 0. The van der Waals surface area contributed by atoms with E-state index >= 15 is 0 Å². The van der Waals surface area contributed by atoms with Crippen LogP contribution in [-0.4, -0.2) is 12.7 Å². The fourth-order valence-electron chi connectivity index (χ4n) is 1.82. The lowest BCUT2D eigenvalue weighted by Crippen LogP contribution is -2.07. The SMILES string of the molecule is Cc1cc(C(Br)CC2CCCO2)sc1Br. The van der Waals surface area contributed by atoms with Crippen LogP contribution >= 0.6 is 43.2 Å². The predicted molar refractivity (Wildman–Crippen MR) is 72.0 cm³/mol. The summed E-state index contributed by atoms with van der Waals surface area (Å²) >= 11 is 9.14. The van der Waals surface area contributed by atoms with E-state index in [2.05, 4.69) is 44.8 Å². The van der Waals surface area contributed by atoms with Crippen LogP contribution in [0.2, 0.25) is 0 Å². The minimum Gasteiger partial charge on any atom is -0.378 e. The zero-order valence-corrected chi connectivity index (χ0v) is 12.6. The normalized spacial score (nSPS) is 23.3. The van der Waals surface area contributed by atoms with E-state index in [1.807, 2.05) is 11.3 Å². The second-order valence-corrected chi connectivity index (χ2v) is 7.45. The zero-order chi connectivity index (χ0) is 10.8. The molecular formula is C11H14Br2OS. The van der Waals surface area contributed by atoms with Gasteiger partial charge in [-0.05, 0) is 53.7 Å². The predicted octanol–water partition coefficient (Wildman–Crippen LogP) is 4.82. The summed E-state index contributed by atoms with van der Waals surface area (Å²) in [7, 11) is 0. The van der Waals surface area contributed by atoms with E-state index in [1.54, 1.807) is 0 Å². The summed E-state index contributed by atoms with van der Waals surface area (Å²) in [6.45, 7) is 3.08. The quantitative estimate of drug-likeness (QED) is 0.707. The number of ether oxygens (including phenoxy) is 1. The number of halogens is 2. The molecule has 1 aromatic rings. The topological polar surface area (TPSA) is 9.23 Å². The Morgan fingerprint density at radius 1 is 1.67 bits per heavy atom. The molecule has 2 heterocycles. The lowest BCUT2D eigenvalue weighted by molar-refractivity contribution is 0.104. The van der Waals surface area contributed by atoms with Gasteiger partial charge in [0.05, 0.1) is 14.7 Å². The Labute approximate surface area is 111 Å². The Kier molecular flexibility index (Phi) is 4.27. The second kappa shape index (κ2) is 5.30. The van der Waals surface area contributed by atoms with E-state index in [9.17, 15) is 0 Å². The molecule has 1 nitrogen and oxygen atoms in total. The van der Waals surface area contributed by atoms with Gasteiger partial charge in [-0.3, -0.25) is 0 Å². The van der Waals surface area contributed by atoms with Crippen molar-refractivity contribution in [2.75, 3.05) is 6.61 Å². The van der Waals surface area contributed by atoms with Crippen molar-refractivity contribution in [3.63, 3.8) is 0 Å². The standard InChI is InChI=1S/C11H14Br2OS/c1-7-5-10(15-11(7)13)9(12)6-8-3-2-4-14-8/h5,8-9H,2-4,6H2,1H3. The first-order chi connectivity index (χ1) is 7.16. The van der Waals surface area contributed by atoms with Crippen molar-refractivity contribution in [2.45, 2.75) is 37.1 Å². The van der Waals surface area contributed by atoms with Crippen molar-refractivity contribution in [3.8, 4) is 0 Å². The number of alkyl halides is 1. The molecule has 0 radical (unpaired) electrons. The highest BCUT2D eigenvalue weighted by Gasteiger charge is 2.21. The third kappa shape index (κ3) is 3.05. The van der Waals surface area contributed by atoms with Gasteiger partial charge in [-0.25, -0.2) is 0 Å². The number of hydrogen-bond donors (Lipinski definition) is 0. The lowest BCUT2D eigenvalue weighted by atomic mass is 10.1. The van der Waals surface area contributed by atoms with Crippen LogP contribution in [0.15, 0.2) is 9.85 Å². The largest absolute Gasteiger partial charge is 0.378 e. The molecule has 0 aromatic carbocycles. The number of rotatable bonds is 3. The van der Waals surface area contributed by atoms with E-state index in [1.165, 1.54) is 27.1 Å². The molecule has 0 N–H and O–H groups in total. The molecule has 0 bridgehead atoms. The first-order valence-electron chi connectivity index (χ1n) is 5.18. The van der Waals surface area contributed by atoms with Crippen LogP contribution in [0.3, 0.4) is 0 Å². The highest BCUT2D eigenvalue weighted by molar-refractivity contribution is 9.11. The maximum atomic E-state index is 5.65. The van der Waals surface area contributed by atoms with Gasteiger partial charge in [-0.15, -0.1) is 11.3 Å². The van der Waals surface area contributed by atoms with E-state index in [0.717, 1.165) is 13.0 Å². The first kappa shape index (κ1) is 12.1. The van der Waals surface area contributed by atoms with Gasteiger partial charge in [0.1, 0.15) is 0 Å². The van der Waals surface area contributed by atoms with Crippen LogP contribution in [0.1, 0.15) is 34.5 Å². The molecule has 0 aliphatic carbocycles. The van der Waals surface area contributed by atoms with Crippen molar-refractivity contribution < 1.29 is 4.74 Å². The van der Waals surface area contributed by atoms with Crippen LogP contribution < -0.4 is 0 Å². The van der Waals surface area contributed by atoms with Crippen molar-refractivity contribution in [1.82, 2.24) is 0 Å². The average molecular weight is 354 g/mol. The van der Waals surface area contributed by atoms with Crippen LogP contribution in [0.25, 0.3) is 0 Å². The second-order valence-electron chi connectivity index (χ2n) is 3.94. The highest BCUT2D eigenvalue weighted by Crippen LogP contribution is 2.38. The molecule has 4 heteroatoms. The van der Waals surface area contributed by atoms with Crippen LogP contribution in [0, 0.1) is 6.92 Å². The van der Waals surface area contributed by atoms with Gasteiger partial charge in [0.15, 0.2) is 0 Å². The molecule has 0 saturated carbocycles.